The molecule has 0 saturated heterocycles. The van der Waals surface area contributed by atoms with E-state index in [2.05, 4.69) is 44.6 Å². The van der Waals surface area contributed by atoms with Crippen LogP contribution in [0.3, 0.4) is 0 Å². The van der Waals surface area contributed by atoms with E-state index >= 15 is 0 Å². The van der Waals surface area contributed by atoms with E-state index in [0.717, 1.165) is 36.2 Å². The van der Waals surface area contributed by atoms with E-state index in [1.807, 2.05) is 0 Å². The molecule has 0 amide bonds. The Balaban J connectivity index is 2.10. The monoisotopic (exact) mass is 301 g/mol. The van der Waals surface area contributed by atoms with Gasteiger partial charge in [-0.3, -0.25) is 4.99 Å². The lowest BCUT2D eigenvalue weighted by Crippen LogP contribution is -2.40. The predicted octanol–water partition coefficient (Wildman–Crippen LogP) is 2.47. The zero-order valence-electron chi connectivity index (χ0n) is 9.29. The highest BCUT2D eigenvalue weighted by Crippen LogP contribution is 2.30. The zero-order valence-corrected chi connectivity index (χ0v) is 11.7. The van der Waals surface area contributed by atoms with Crippen LogP contribution in [-0.4, -0.2) is 18.9 Å². The van der Waals surface area contributed by atoms with E-state index in [-0.39, 0.29) is 5.54 Å². The highest BCUT2D eigenvalue weighted by Gasteiger charge is 2.25. The fraction of sp³-hybridized carbons (Fsp3) is 0.545. The van der Waals surface area contributed by atoms with Gasteiger partial charge in [-0.15, -0.1) is 11.3 Å². The van der Waals surface area contributed by atoms with Crippen molar-refractivity contribution < 1.29 is 0 Å². The average molecular weight is 302 g/mol. The first-order valence-corrected chi connectivity index (χ1v) is 7.06. The minimum atomic E-state index is -0.333. The predicted molar refractivity (Wildman–Crippen MR) is 73.1 cm³/mol. The molecule has 0 unspecified atom stereocenters. The molecule has 0 aromatic carbocycles. The number of hydrogen-bond acceptors (Lipinski definition) is 4. The van der Waals surface area contributed by atoms with E-state index in [1.54, 1.807) is 11.3 Å². The summed E-state index contributed by atoms with van der Waals surface area (Å²) in [4.78, 5) is 5.65. The van der Waals surface area contributed by atoms with Crippen LogP contribution in [0.25, 0.3) is 0 Å². The van der Waals surface area contributed by atoms with Crippen LogP contribution >= 0.6 is 27.3 Å². The van der Waals surface area contributed by atoms with E-state index in [9.17, 15) is 0 Å². The maximum atomic E-state index is 6.35. The summed E-state index contributed by atoms with van der Waals surface area (Å²) < 4.78 is 1.10. The summed E-state index contributed by atoms with van der Waals surface area (Å²) in [5.74, 6) is 1.04. The normalized spacial score (nSPS) is 19.8. The molecule has 1 atom stereocenters. The van der Waals surface area contributed by atoms with Crippen LogP contribution in [0.2, 0.25) is 0 Å². The third-order valence-corrected chi connectivity index (χ3v) is 4.60. The maximum absolute atomic E-state index is 6.35. The third-order valence-electron chi connectivity index (χ3n) is 2.63. The van der Waals surface area contributed by atoms with Gasteiger partial charge in [-0.1, -0.05) is 0 Å². The van der Waals surface area contributed by atoms with Crippen molar-refractivity contribution in [3.63, 3.8) is 0 Å². The number of nitrogens with two attached hydrogens (primary N) is 1. The van der Waals surface area contributed by atoms with Crippen molar-refractivity contribution in [2.45, 2.75) is 25.3 Å². The van der Waals surface area contributed by atoms with Crippen molar-refractivity contribution >= 4 is 33.1 Å². The third kappa shape index (κ3) is 2.84. The highest BCUT2D eigenvalue weighted by atomic mass is 79.9. The molecular weight excluding hydrogens is 286 g/mol. The van der Waals surface area contributed by atoms with Crippen LogP contribution in [-0.2, 0) is 5.54 Å². The fourth-order valence-corrected chi connectivity index (χ4v) is 3.25. The van der Waals surface area contributed by atoms with Gasteiger partial charge in [-0.05, 0) is 35.3 Å². The lowest BCUT2D eigenvalue weighted by molar-refractivity contribution is 0.515. The molecule has 1 aliphatic rings. The standard InChI is InChI=1S/C11H16BrN3S/c1-11(13,9-5-8(12)7-16-9)6-10-14-3-2-4-15-10/h5,7H,2-4,6,13H2,1H3,(H,14,15)/t11-/m0/s1. The number of halogens is 1. The number of thiophene rings is 1. The Bertz CT molecular complexity index is 398. The second-order valence-corrected chi connectivity index (χ2v) is 6.16. The Kier molecular flexibility index (Phi) is 3.66. The number of hydrogen-bond donors (Lipinski definition) is 2. The smallest absolute Gasteiger partial charge is 0.0985 e. The molecule has 1 aromatic rings. The van der Waals surface area contributed by atoms with E-state index in [1.165, 1.54) is 4.88 Å². The summed E-state index contributed by atoms with van der Waals surface area (Å²) in [6.07, 6.45) is 1.90. The topological polar surface area (TPSA) is 50.4 Å². The molecule has 0 bridgehead atoms. The highest BCUT2D eigenvalue weighted by molar-refractivity contribution is 9.10. The van der Waals surface area contributed by atoms with Gasteiger partial charge in [-0.2, -0.15) is 0 Å². The molecule has 5 heteroatoms. The second kappa shape index (κ2) is 4.85. The van der Waals surface area contributed by atoms with Crippen LogP contribution in [0, 0.1) is 0 Å². The van der Waals surface area contributed by atoms with Crippen molar-refractivity contribution in [1.82, 2.24) is 5.32 Å². The van der Waals surface area contributed by atoms with Crippen molar-refractivity contribution in [3.05, 3.63) is 20.8 Å². The Morgan fingerprint density at radius 1 is 1.69 bits per heavy atom. The Labute approximate surface area is 108 Å². The molecule has 88 valence electrons. The van der Waals surface area contributed by atoms with Crippen LogP contribution in [0.4, 0.5) is 0 Å². The largest absolute Gasteiger partial charge is 0.374 e. The van der Waals surface area contributed by atoms with Gasteiger partial charge in [-0.25, -0.2) is 0 Å². The first-order valence-electron chi connectivity index (χ1n) is 5.38. The van der Waals surface area contributed by atoms with E-state index in [4.69, 9.17) is 5.73 Å². The first-order chi connectivity index (χ1) is 7.58. The summed E-state index contributed by atoms with van der Waals surface area (Å²) in [5.41, 5.74) is 6.02. The van der Waals surface area contributed by atoms with Crippen molar-refractivity contribution in [3.8, 4) is 0 Å². The van der Waals surface area contributed by atoms with E-state index < -0.39 is 0 Å². The first kappa shape index (κ1) is 12.1. The summed E-state index contributed by atoms with van der Waals surface area (Å²) in [7, 11) is 0. The van der Waals surface area contributed by atoms with Gasteiger partial charge >= 0.3 is 0 Å². The molecule has 2 rings (SSSR count). The Morgan fingerprint density at radius 2 is 2.50 bits per heavy atom. The Morgan fingerprint density at radius 3 is 3.06 bits per heavy atom. The van der Waals surface area contributed by atoms with Gasteiger partial charge in [0.25, 0.3) is 0 Å². The number of nitrogens with zero attached hydrogens (tertiary/aromatic N) is 1. The van der Waals surface area contributed by atoms with Crippen LogP contribution in [0.15, 0.2) is 20.9 Å². The molecule has 0 spiro atoms. The lowest BCUT2D eigenvalue weighted by Gasteiger charge is -2.26. The molecule has 3 nitrogen and oxygen atoms in total. The Hall–Kier alpha value is -0.390. The minimum Gasteiger partial charge on any atom is -0.374 e. The van der Waals surface area contributed by atoms with Gasteiger partial charge in [0.05, 0.1) is 11.4 Å². The van der Waals surface area contributed by atoms with Crippen LogP contribution in [0.1, 0.15) is 24.6 Å². The molecule has 0 fully saturated rings. The second-order valence-electron chi connectivity index (χ2n) is 4.33. The summed E-state index contributed by atoms with van der Waals surface area (Å²) in [6.45, 7) is 4.00. The number of aliphatic imine (C=N–C) groups is 1. The van der Waals surface area contributed by atoms with E-state index in [0.29, 0.717) is 0 Å². The van der Waals surface area contributed by atoms with Gasteiger partial charge in [0, 0.05) is 34.2 Å². The van der Waals surface area contributed by atoms with Gasteiger partial charge < -0.3 is 11.1 Å². The number of amidine groups is 1. The van der Waals surface area contributed by atoms with Gasteiger partial charge in [0.1, 0.15) is 0 Å². The fourth-order valence-electron chi connectivity index (χ4n) is 1.75. The number of nitrogens with one attached hydrogen (secondary N) is 1. The molecule has 3 N–H and O–H groups in total. The lowest BCUT2D eigenvalue weighted by atomic mass is 9.96. The molecule has 0 aliphatic carbocycles. The van der Waals surface area contributed by atoms with Gasteiger partial charge in [0.2, 0.25) is 0 Å². The molecule has 1 aromatic heterocycles. The summed E-state index contributed by atoms with van der Waals surface area (Å²) in [6, 6.07) is 2.09. The quantitative estimate of drug-likeness (QED) is 0.901. The molecule has 16 heavy (non-hydrogen) atoms. The summed E-state index contributed by atoms with van der Waals surface area (Å²) >= 11 is 5.15. The van der Waals surface area contributed by atoms with Crippen LogP contribution in [0.5, 0.6) is 0 Å². The van der Waals surface area contributed by atoms with Crippen LogP contribution < -0.4 is 11.1 Å². The van der Waals surface area contributed by atoms with Crippen molar-refractivity contribution in [2.75, 3.05) is 13.1 Å². The molecule has 0 saturated carbocycles. The molecular formula is C11H16BrN3S. The number of rotatable bonds is 3. The zero-order chi connectivity index (χ0) is 11.6. The van der Waals surface area contributed by atoms with Crippen molar-refractivity contribution in [2.24, 2.45) is 10.7 Å². The molecule has 2 heterocycles. The van der Waals surface area contributed by atoms with Gasteiger partial charge in [0.15, 0.2) is 0 Å². The summed E-state index contributed by atoms with van der Waals surface area (Å²) in [5, 5.41) is 5.38. The average Bonchev–Trinajstić information content (AvgIpc) is 2.66. The molecule has 1 aliphatic heterocycles. The minimum absolute atomic E-state index is 0.333. The van der Waals surface area contributed by atoms with Crippen molar-refractivity contribution in [1.29, 1.82) is 0 Å². The molecule has 0 radical (unpaired) electrons. The maximum Gasteiger partial charge on any atom is 0.0985 e. The SMILES string of the molecule is C[C@](N)(CC1=NCCCN1)c1cc(Br)cs1.